The maximum absolute atomic E-state index is 11.4. The molecule has 21 heavy (non-hydrogen) atoms. The Morgan fingerprint density at radius 1 is 1.48 bits per heavy atom. The molecular weight excluding hydrogens is 278 g/mol. The summed E-state index contributed by atoms with van der Waals surface area (Å²) in [5.41, 5.74) is 3.06. The number of carbonyl (C=O) groups is 1. The maximum Gasteiger partial charge on any atom is 0.310 e. The minimum Gasteiger partial charge on any atom is -0.482 e. The van der Waals surface area contributed by atoms with E-state index in [1.54, 1.807) is 19.1 Å². The van der Waals surface area contributed by atoms with Crippen molar-refractivity contribution in [2.24, 2.45) is 5.84 Å². The summed E-state index contributed by atoms with van der Waals surface area (Å²) in [6.07, 6.45) is 1.31. The summed E-state index contributed by atoms with van der Waals surface area (Å²) < 4.78 is 10.4. The van der Waals surface area contributed by atoms with Gasteiger partial charge in [-0.3, -0.25) is 20.3 Å². The van der Waals surface area contributed by atoms with E-state index < -0.39 is 10.8 Å². The lowest BCUT2D eigenvalue weighted by Gasteiger charge is -2.07. The molecule has 0 saturated heterocycles. The Kier molecular flexibility index (Phi) is 4.19. The lowest BCUT2D eigenvalue weighted by atomic mass is 10.2. The highest BCUT2D eigenvalue weighted by atomic mass is 16.6. The minimum absolute atomic E-state index is 0.00723. The van der Waals surface area contributed by atoms with Crippen LogP contribution >= 0.6 is 0 Å². The molecular formula is C13H13N3O5. The molecule has 0 unspecified atom stereocenters. The number of carbonyl (C=O) groups excluding carboxylic acids is 1. The number of nitro benzene ring substituents is 1. The van der Waals surface area contributed by atoms with Gasteiger partial charge in [-0.1, -0.05) is 6.07 Å². The Bertz CT molecular complexity index is 680. The van der Waals surface area contributed by atoms with Crippen LogP contribution in [0, 0.1) is 17.0 Å². The van der Waals surface area contributed by atoms with Crippen LogP contribution in [-0.2, 0) is 6.61 Å². The molecule has 1 aromatic carbocycles. The van der Waals surface area contributed by atoms with Crippen molar-refractivity contribution < 1.29 is 18.9 Å². The average Bonchev–Trinajstić information content (AvgIpc) is 2.92. The molecule has 1 amide bonds. The van der Waals surface area contributed by atoms with Gasteiger partial charge >= 0.3 is 11.6 Å². The van der Waals surface area contributed by atoms with Gasteiger partial charge in [0.15, 0.2) is 11.5 Å². The van der Waals surface area contributed by atoms with Crippen molar-refractivity contribution in [2.45, 2.75) is 13.5 Å². The Morgan fingerprint density at radius 3 is 2.90 bits per heavy atom. The van der Waals surface area contributed by atoms with Gasteiger partial charge in [0.05, 0.1) is 11.2 Å². The van der Waals surface area contributed by atoms with Gasteiger partial charge in [0, 0.05) is 11.6 Å². The predicted molar refractivity (Wildman–Crippen MR) is 72.5 cm³/mol. The number of furan rings is 1. The number of nitrogens with two attached hydrogens (primary N) is 1. The van der Waals surface area contributed by atoms with Crippen LogP contribution in [0.15, 0.2) is 34.9 Å². The molecule has 1 aromatic heterocycles. The third-order valence-corrected chi connectivity index (χ3v) is 2.78. The number of hydrogen-bond acceptors (Lipinski definition) is 6. The molecule has 0 fully saturated rings. The third kappa shape index (κ3) is 3.18. The van der Waals surface area contributed by atoms with E-state index in [9.17, 15) is 14.9 Å². The summed E-state index contributed by atoms with van der Waals surface area (Å²) in [6.45, 7) is 1.74. The third-order valence-electron chi connectivity index (χ3n) is 2.78. The topological polar surface area (TPSA) is 121 Å². The Hall–Kier alpha value is -2.87. The number of nitrogens with zero attached hydrogens (tertiary/aromatic N) is 1. The minimum atomic E-state index is -0.600. The van der Waals surface area contributed by atoms with Crippen LogP contribution in [0.5, 0.6) is 5.75 Å². The summed E-state index contributed by atoms with van der Waals surface area (Å²) >= 11 is 0. The first-order valence-corrected chi connectivity index (χ1v) is 5.98. The average molecular weight is 291 g/mol. The molecule has 8 heteroatoms. The molecule has 1 heterocycles. The van der Waals surface area contributed by atoms with E-state index in [-0.39, 0.29) is 23.8 Å². The normalized spacial score (nSPS) is 10.2. The SMILES string of the molecule is Cc1ccc([N+](=O)[O-])c(OCc2ccoc2C(=O)NN)c1. The van der Waals surface area contributed by atoms with E-state index in [4.69, 9.17) is 15.0 Å². The van der Waals surface area contributed by atoms with Crippen LogP contribution in [0.2, 0.25) is 0 Å². The Morgan fingerprint density at radius 2 is 2.24 bits per heavy atom. The summed E-state index contributed by atoms with van der Waals surface area (Å²) in [4.78, 5) is 21.9. The molecule has 3 N–H and O–H groups in total. The fraction of sp³-hybridized carbons (Fsp3) is 0.154. The summed E-state index contributed by atoms with van der Waals surface area (Å²) in [5, 5.41) is 10.9. The van der Waals surface area contributed by atoms with Gasteiger partial charge in [0.1, 0.15) is 6.61 Å². The van der Waals surface area contributed by atoms with Crippen molar-refractivity contribution in [1.82, 2.24) is 5.43 Å². The first-order valence-electron chi connectivity index (χ1n) is 5.98. The van der Waals surface area contributed by atoms with Crippen molar-refractivity contribution >= 4 is 11.6 Å². The quantitative estimate of drug-likeness (QED) is 0.374. The van der Waals surface area contributed by atoms with E-state index in [1.165, 1.54) is 18.4 Å². The first kappa shape index (κ1) is 14.5. The number of aryl methyl sites for hydroxylation is 1. The molecule has 2 aromatic rings. The van der Waals surface area contributed by atoms with Gasteiger partial charge in [-0.25, -0.2) is 5.84 Å². The summed E-state index contributed by atoms with van der Waals surface area (Å²) in [7, 11) is 0. The van der Waals surface area contributed by atoms with Crippen LogP contribution in [0.3, 0.4) is 0 Å². The van der Waals surface area contributed by atoms with Gasteiger partial charge in [-0.05, 0) is 24.6 Å². The molecule has 0 bridgehead atoms. The maximum atomic E-state index is 11.4. The number of ether oxygens (including phenoxy) is 1. The second kappa shape index (κ2) is 6.06. The zero-order chi connectivity index (χ0) is 15.4. The van der Waals surface area contributed by atoms with Crippen LogP contribution in [-0.4, -0.2) is 10.8 Å². The molecule has 0 aliphatic carbocycles. The van der Waals surface area contributed by atoms with Crippen molar-refractivity contribution in [3.8, 4) is 5.75 Å². The second-order valence-electron chi connectivity index (χ2n) is 4.27. The highest BCUT2D eigenvalue weighted by Crippen LogP contribution is 2.28. The highest BCUT2D eigenvalue weighted by Gasteiger charge is 2.18. The molecule has 0 aliphatic rings. The summed E-state index contributed by atoms with van der Waals surface area (Å²) in [6, 6.07) is 6.08. The number of nitrogens with one attached hydrogen (secondary N) is 1. The van der Waals surface area contributed by atoms with Gasteiger partial charge in [-0.15, -0.1) is 0 Å². The predicted octanol–water partition coefficient (Wildman–Crippen LogP) is 1.68. The molecule has 0 saturated carbocycles. The molecule has 8 nitrogen and oxygen atoms in total. The lowest BCUT2D eigenvalue weighted by molar-refractivity contribution is -0.386. The van der Waals surface area contributed by atoms with Crippen LogP contribution < -0.4 is 16.0 Å². The number of hydrogen-bond donors (Lipinski definition) is 2. The molecule has 0 radical (unpaired) electrons. The number of nitro groups is 1. The Balaban J connectivity index is 2.21. The second-order valence-corrected chi connectivity index (χ2v) is 4.27. The highest BCUT2D eigenvalue weighted by molar-refractivity contribution is 5.92. The van der Waals surface area contributed by atoms with Crippen molar-refractivity contribution in [2.75, 3.05) is 0 Å². The van der Waals surface area contributed by atoms with Crippen LogP contribution in [0.4, 0.5) is 5.69 Å². The molecule has 0 atom stereocenters. The molecule has 2 rings (SSSR count). The van der Waals surface area contributed by atoms with E-state index in [1.807, 2.05) is 5.43 Å². The van der Waals surface area contributed by atoms with Crippen LogP contribution in [0.1, 0.15) is 21.7 Å². The Labute approximate surface area is 119 Å². The van der Waals surface area contributed by atoms with E-state index in [2.05, 4.69) is 0 Å². The van der Waals surface area contributed by atoms with Gasteiger partial charge in [-0.2, -0.15) is 0 Å². The monoisotopic (exact) mass is 291 g/mol. The van der Waals surface area contributed by atoms with Gasteiger partial charge < -0.3 is 9.15 Å². The van der Waals surface area contributed by atoms with Crippen molar-refractivity contribution in [3.05, 3.63) is 57.5 Å². The van der Waals surface area contributed by atoms with Gasteiger partial charge in [0.2, 0.25) is 0 Å². The smallest absolute Gasteiger partial charge is 0.310 e. The van der Waals surface area contributed by atoms with Crippen molar-refractivity contribution in [3.63, 3.8) is 0 Å². The number of benzene rings is 1. The lowest BCUT2D eigenvalue weighted by Crippen LogP contribution is -2.30. The van der Waals surface area contributed by atoms with Crippen LogP contribution in [0.25, 0.3) is 0 Å². The van der Waals surface area contributed by atoms with E-state index in [0.717, 1.165) is 5.56 Å². The number of nitrogen functional groups attached to an aromatic ring is 1. The van der Waals surface area contributed by atoms with Crippen molar-refractivity contribution in [1.29, 1.82) is 0 Å². The zero-order valence-corrected chi connectivity index (χ0v) is 11.2. The van der Waals surface area contributed by atoms with Gasteiger partial charge in [0.25, 0.3) is 0 Å². The van der Waals surface area contributed by atoms with E-state index >= 15 is 0 Å². The largest absolute Gasteiger partial charge is 0.482 e. The molecule has 0 aliphatic heterocycles. The molecule has 110 valence electrons. The number of hydrazine groups is 1. The summed E-state index contributed by atoms with van der Waals surface area (Å²) in [5.74, 6) is 4.57. The fourth-order valence-corrected chi connectivity index (χ4v) is 1.76. The number of rotatable bonds is 5. The standard InChI is InChI=1S/C13H13N3O5/c1-8-2-3-10(16(18)19)11(6-8)21-7-9-4-5-20-12(9)13(17)15-14/h2-6H,7,14H2,1H3,(H,15,17). The molecule has 0 spiro atoms. The van der Waals surface area contributed by atoms with E-state index in [0.29, 0.717) is 5.56 Å². The number of amides is 1. The zero-order valence-electron chi connectivity index (χ0n) is 11.2. The fourth-order valence-electron chi connectivity index (χ4n) is 1.76. The first-order chi connectivity index (χ1) is 10.0.